The third-order valence-electron chi connectivity index (χ3n) is 3.58. The molecule has 0 bridgehead atoms. The minimum Gasteiger partial charge on any atom is -0.392 e. The molecule has 6 nitrogen and oxygen atoms in total. The number of thiazole rings is 1. The van der Waals surface area contributed by atoms with Crippen LogP contribution in [0.1, 0.15) is 5.56 Å². The van der Waals surface area contributed by atoms with Crippen molar-refractivity contribution in [2.24, 2.45) is 0 Å². The molecule has 3 heterocycles. The molecular formula is C16H12FN5OS. The van der Waals surface area contributed by atoms with Crippen molar-refractivity contribution in [3.8, 4) is 11.1 Å². The summed E-state index contributed by atoms with van der Waals surface area (Å²) in [6, 6.07) is 7.32. The van der Waals surface area contributed by atoms with Crippen molar-refractivity contribution in [1.82, 2.24) is 20.2 Å². The maximum atomic E-state index is 14.1. The van der Waals surface area contributed by atoms with Gasteiger partial charge in [0.1, 0.15) is 0 Å². The van der Waals surface area contributed by atoms with Gasteiger partial charge in [-0.2, -0.15) is 5.10 Å². The number of aromatic amines is 1. The quantitative estimate of drug-likeness (QED) is 0.529. The molecule has 4 aromatic rings. The molecule has 8 heteroatoms. The van der Waals surface area contributed by atoms with E-state index in [-0.39, 0.29) is 18.0 Å². The Morgan fingerprint density at radius 2 is 2.17 bits per heavy atom. The number of pyridine rings is 1. The lowest BCUT2D eigenvalue weighted by Crippen LogP contribution is -2.00. The summed E-state index contributed by atoms with van der Waals surface area (Å²) >= 11 is 1.40. The maximum absolute atomic E-state index is 14.1. The van der Waals surface area contributed by atoms with E-state index >= 15 is 0 Å². The Hall–Kier alpha value is -2.84. The molecule has 0 aliphatic carbocycles. The second-order valence-electron chi connectivity index (χ2n) is 5.10. The van der Waals surface area contributed by atoms with Crippen molar-refractivity contribution in [2.75, 3.05) is 5.32 Å². The average Bonchev–Trinajstić information content (AvgIpc) is 3.25. The molecule has 0 aliphatic heterocycles. The summed E-state index contributed by atoms with van der Waals surface area (Å²) in [5, 5.41) is 19.3. The number of halogens is 1. The normalized spacial score (nSPS) is 11.1. The molecule has 0 spiro atoms. The molecule has 120 valence electrons. The summed E-state index contributed by atoms with van der Waals surface area (Å²) in [5.41, 5.74) is 3.02. The molecular weight excluding hydrogens is 329 g/mol. The van der Waals surface area contributed by atoms with Crippen molar-refractivity contribution in [3.05, 3.63) is 54.2 Å². The first kappa shape index (κ1) is 14.7. The number of aliphatic hydroxyl groups is 1. The zero-order chi connectivity index (χ0) is 16.5. The van der Waals surface area contributed by atoms with Crippen LogP contribution < -0.4 is 5.32 Å². The van der Waals surface area contributed by atoms with E-state index in [1.165, 1.54) is 23.6 Å². The summed E-state index contributed by atoms with van der Waals surface area (Å²) in [6.07, 6.45) is 5.02. The van der Waals surface area contributed by atoms with E-state index in [0.717, 1.165) is 21.3 Å². The van der Waals surface area contributed by atoms with E-state index in [1.54, 1.807) is 6.20 Å². The van der Waals surface area contributed by atoms with Crippen LogP contribution in [0.2, 0.25) is 0 Å². The predicted molar refractivity (Wildman–Crippen MR) is 90.6 cm³/mol. The molecule has 1 aromatic carbocycles. The van der Waals surface area contributed by atoms with Gasteiger partial charge in [-0.3, -0.25) is 5.10 Å². The van der Waals surface area contributed by atoms with Gasteiger partial charge >= 0.3 is 0 Å². The minimum atomic E-state index is -0.571. The first-order chi connectivity index (χ1) is 11.7. The molecule has 0 atom stereocenters. The Bertz CT molecular complexity index is 999. The Morgan fingerprint density at radius 3 is 2.96 bits per heavy atom. The lowest BCUT2D eigenvalue weighted by atomic mass is 10.1. The molecule has 0 saturated heterocycles. The Morgan fingerprint density at radius 1 is 1.25 bits per heavy atom. The second-order valence-corrected chi connectivity index (χ2v) is 6.13. The number of anilines is 2. The summed E-state index contributed by atoms with van der Waals surface area (Å²) < 4.78 is 15.1. The van der Waals surface area contributed by atoms with E-state index in [2.05, 4.69) is 25.5 Å². The van der Waals surface area contributed by atoms with Crippen LogP contribution in [0.3, 0.4) is 0 Å². The average molecular weight is 341 g/mol. The highest BCUT2D eigenvalue weighted by Gasteiger charge is 2.12. The highest BCUT2D eigenvalue weighted by molar-refractivity contribution is 7.22. The second kappa shape index (κ2) is 5.99. The minimum absolute atomic E-state index is 0.0515. The molecule has 0 unspecified atom stereocenters. The Labute approximate surface area is 140 Å². The summed E-state index contributed by atoms with van der Waals surface area (Å²) in [4.78, 5) is 8.41. The van der Waals surface area contributed by atoms with Gasteiger partial charge in [0, 0.05) is 23.5 Å². The number of nitrogens with one attached hydrogen (secondary N) is 2. The van der Waals surface area contributed by atoms with Gasteiger partial charge in [-0.05, 0) is 23.8 Å². The zero-order valence-corrected chi connectivity index (χ0v) is 13.1. The molecule has 4 rings (SSSR count). The van der Waals surface area contributed by atoms with E-state index in [9.17, 15) is 4.39 Å². The standard InChI is InChI=1S/C16H12FN5OS/c17-14-10(8-23)3-4-18-15(14)22-16-21-12-2-1-9(5-13(12)24-16)11-6-19-20-7-11/h1-7,23H,8H2,(H,19,20)(H,18,21,22). The molecule has 0 saturated carbocycles. The van der Waals surface area contributed by atoms with Gasteiger partial charge in [0.15, 0.2) is 16.8 Å². The molecule has 3 N–H and O–H groups in total. The van der Waals surface area contributed by atoms with E-state index in [4.69, 9.17) is 5.11 Å². The summed E-state index contributed by atoms with van der Waals surface area (Å²) in [5.74, 6) is -0.519. The fourth-order valence-corrected chi connectivity index (χ4v) is 3.26. The van der Waals surface area contributed by atoms with Crippen LogP contribution in [-0.4, -0.2) is 25.3 Å². The first-order valence-electron chi connectivity index (χ1n) is 7.15. The number of nitrogens with zero attached hydrogens (tertiary/aromatic N) is 3. The van der Waals surface area contributed by atoms with Crippen LogP contribution in [0.4, 0.5) is 15.3 Å². The molecule has 3 aromatic heterocycles. The van der Waals surface area contributed by atoms with Crippen LogP contribution in [0.25, 0.3) is 21.3 Å². The SMILES string of the molecule is OCc1ccnc(Nc2nc3ccc(-c4cn[nH]c4)cc3s2)c1F. The number of hydrogen-bond donors (Lipinski definition) is 3. The summed E-state index contributed by atoms with van der Waals surface area (Å²) in [6.45, 7) is -0.378. The van der Waals surface area contributed by atoms with Gasteiger partial charge in [0.2, 0.25) is 0 Å². The third-order valence-corrected chi connectivity index (χ3v) is 4.52. The lowest BCUT2D eigenvalue weighted by Gasteiger charge is -2.05. The Balaban J connectivity index is 1.68. The van der Waals surface area contributed by atoms with Crippen LogP contribution in [0, 0.1) is 5.82 Å². The zero-order valence-electron chi connectivity index (χ0n) is 12.3. The van der Waals surface area contributed by atoms with E-state index in [0.29, 0.717) is 5.13 Å². The van der Waals surface area contributed by atoms with Crippen molar-refractivity contribution in [1.29, 1.82) is 0 Å². The van der Waals surface area contributed by atoms with E-state index in [1.807, 2.05) is 24.4 Å². The van der Waals surface area contributed by atoms with Gasteiger partial charge in [0.05, 0.1) is 23.0 Å². The fourth-order valence-electron chi connectivity index (χ4n) is 2.36. The highest BCUT2D eigenvalue weighted by Crippen LogP contribution is 2.32. The number of benzene rings is 1. The molecule has 0 fully saturated rings. The smallest absolute Gasteiger partial charge is 0.189 e. The highest BCUT2D eigenvalue weighted by atomic mass is 32.1. The van der Waals surface area contributed by atoms with Crippen molar-refractivity contribution in [2.45, 2.75) is 6.61 Å². The number of hydrogen-bond acceptors (Lipinski definition) is 6. The van der Waals surface area contributed by atoms with Gasteiger partial charge in [-0.25, -0.2) is 14.4 Å². The largest absolute Gasteiger partial charge is 0.392 e. The van der Waals surface area contributed by atoms with Crippen LogP contribution in [0.15, 0.2) is 42.9 Å². The molecule has 0 radical (unpaired) electrons. The fraction of sp³-hybridized carbons (Fsp3) is 0.0625. The molecule has 0 amide bonds. The Kier molecular flexibility index (Phi) is 3.68. The monoisotopic (exact) mass is 341 g/mol. The van der Waals surface area contributed by atoms with Gasteiger partial charge in [-0.15, -0.1) is 0 Å². The van der Waals surface area contributed by atoms with E-state index < -0.39 is 5.82 Å². The number of aromatic nitrogens is 4. The van der Waals surface area contributed by atoms with Crippen LogP contribution in [0.5, 0.6) is 0 Å². The molecule has 24 heavy (non-hydrogen) atoms. The van der Waals surface area contributed by atoms with Gasteiger partial charge < -0.3 is 10.4 Å². The number of aliphatic hydroxyl groups excluding tert-OH is 1. The van der Waals surface area contributed by atoms with Gasteiger partial charge in [0.25, 0.3) is 0 Å². The third kappa shape index (κ3) is 2.61. The van der Waals surface area contributed by atoms with Crippen LogP contribution in [-0.2, 0) is 6.61 Å². The number of rotatable bonds is 4. The van der Waals surface area contributed by atoms with Gasteiger partial charge in [-0.1, -0.05) is 17.4 Å². The van der Waals surface area contributed by atoms with Crippen molar-refractivity contribution in [3.63, 3.8) is 0 Å². The maximum Gasteiger partial charge on any atom is 0.189 e. The van der Waals surface area contributed by atoms with Crippen LogP contribution >= 0.6 is 11.3 Å². The lowest BCUT2D eigenvalue weighted by molar-refractivity contribution is 0.275. The van der Waals surface area contributed by atoms with Crippen molar-refractivity contribution < 1.29 is 9.50 Å². The molecule has 0 aliphatic rings. The summed E-state index contributed by atoms with van der Waals surface area (Å²) in [7, 11) is 0. The van der Waals surface area contributed by atoms with Crippen molar-refractivity contribution >= 4 is 32.5 Å². The predicted octanol–water partition coefficient (Wildman–Crippen LogP) is 3.46. The number of fused-ring (bicyclic) bond motifs is 1. The first-order valence-corrected chi connectivity index (χ1v) is 7.97. The number of H-pyrrole nitrogens is 1. The topological polar surface area (TPSA) is 86.7 Å².